The van der Waals surface area contributed by atoms with Crippen LogP contribution in [0.2, 0.25) is 0 Å². The molecule has 1 fully saturated rings. The van der Waals surface area contributed by atoms with E-state index in [2.05, 4.69) is 30.2 Å². The molecule has 2 rings (SSSR count). The zero-order valence-corrected chi connectivity index (χ0v) is 12.5. The van der Waals surface area contributed by atoms with Crippen molar-refractivity contribution in [1.29, 1.82) is 0 Å². The zero-order valence-electron chi connectivity index (χ0n) is 12.5. The van der Waals surface area contributed by atoms with E-state index >= 15 is 0 Å². The third-order valence-electron chi connectivity index (χ3n) is 4.34. The fourth-order valence-electron chi connectivity index (χ4n) is 3.28. The third-order valence-corrected chi connectivity index (χ3v) is 4.34. The molecule has 1 aromatic rings. The molecule has 0 aliphatic heterocycles. The number of pyridine rings is 1. The molecule has 0 amide bonds. The first-order valence-corrected chi connectivity index (χ1v) is 7.94. The lowest BCUT2D eigenvalue weighted by atomic mass is 9.84. The molecule has 1 aliphatic rings. The number of nitrogens with zero attached hydrogens (tertiary/aromatic N) is 1. The molecular formula is C17H28N2. The van der Waals surface area contributed by atoms with Crippen molar-refractivity contribution in [2.45, 2.75) is 64.8 Å². The molecule has 19 heavy (non-hydrogen) atoms. The minimum atomic E-state index is 0.485. The van der Waals surface area contributed by atoms with Gasteiger partial charge in [-0.3, -0.25) is 4.98 Å². The van der Waals surface area contributed by atoms with Crippen LogP contribution in [0.1, 0.15) is 69.0 Å². The first kappa shape index (κ1) is 14.5. The van der Waals surface area contributed by atoms with Gasteiger partial charge in [-0.2, -0.15) is 0 Å². The van der Waals surface area contributed by atoms with Crippen LogP contribution >= 0.6 is 0 Å². The maximum atomic E-state index is 4.34. The Hall–Kier alpha value is -0.890. The Morgan fingerprint density at radius 2 is 2.05 bits per heavy atom. The predicted molar refractivity (Wildman–Crippen MR) is 81.2 cm³/mol. The van der Waals surface area contributed by atoms with Gasteiger partial charge in [-0.15, -0.1) is 0 Å². The normalized spacial score (nSPS) is 18.4. The highest BCUT2D eigenvalue weighted by atomic mass is 14.9. The van der Waals surface area contributed by atoms with E-state index in [1.807, 2.05) is 12.4 Å². The lowest BCUT2D eigenvalue weighted by molar-refractivity contribution is 0.315. The van der Waals surface area contributed by atoms with Crippen LogP contribution in [-0.4, -0.2) is 11.5 Å². The summed E-state index contributed by atoms with van der Waals surface area (Å²) in [6.07, 6.45) is 13.8. The van der Waals surface area contributed by atoms with Crippen LogP contribution in [0.5, 0.6) is 0 Å². The van der Waals surface area contributed by atoms with E-state index in [1.165, 1.54) is 56.1 Å². The number of aromatic nitrogens is 1. The summed E-state index contributed by atoms with van der Waals surface area (Å²) >= 11 is 0. The molecule has 0 radical (unpaired) electrons. The minimum Gasteiger partial charge on any atom is -0.310 e. The lowest BCUT2D eigenvalue weighted by Gasteiger charge is -2.25. The molecule has 1 heterocycles. The molecule has 2 nitrogen and oxygen atoms in total. The number of aryl methyl sites for hydroxylation is 1. The molecule has 0 spiro atoms. The van der Waals surface area contributed by atoms with Crippen molar-refractivity contribution in [3.8, 4) is 0 Å². The molecule has 1 aliphatic carbocycles. The lowest BCUT2D eigenvalue weighted by Crippen LogP contribution is -2.22. The second-order valence-corrected chi connectivity index (χ2v) is 5.99. The summed E-state index contributed by atoms with van der Waals surface area (Å²) < 4.78 is 0. The van der Waals surface area contributed by atoms with E-state index < -0.39 is 0 Å². The van der Waals surface area contributed by atoms with Gasteiger partial charge in [0.1, 0.15) is 0 Å². The molecule has 2 heteroatoms. The summed E-state index contributed by atoms with van der Waals surface area (Å²) in [5.41, 5.74) is 2.62. The van der Waals surface area contributed by atoms with Crippen molar-refractivity contribution < 1.29 is 0 Å². The maximum Gasteiger partial charge on any atom is 0.0335 e. The van der Waals surface area contributed by atoms with E-state index in [1.54, 1.807) is 0 Å². The van der Waals surface area contributed by atoms with Gasteiger partial charge in [0, 0.05) is 18.4 Å². The molecule has 106 valence electrons. The minimum absolute atomic E-state index is 0.485. The van der Waals surface area contributed by atoms with Crippen LogP contribution in [0.25, 0.3) is 0 Å². The van der Waals surface area contributed by atoms with E-state index in [0.717, 1.165) is 12.5 Å². The highest BCUT2D eigenvalue weighted by Gasteiger charge is 2.17. The molecule has 1 atom stereocenters. The van der Waals surface area contributed by atoms with Crippen LogP contribution in [-0.2, 0) is 0 Å². The van der Waals surface area contributed by atoms with Crippen LogP contribution in [0.15, 0.2) is 18.5 Å². The van der Waals surface area contributed by atoms with Gasteiger partial charge in [0.15, 0.2) is 0 Å². The summed E-state index contributed by atoms with van der Waals surface area (Å²) in [4.78, 5) is 4.34. The molecule has 1 aromatic heterocycles. The molecule has 1 unspecified atom stereocenters. The first-order valence-electron chi connectivity index (χ1n) is 7.94. The summed E-state index contributed by atoms with van der Waals surface area (Å²) in [6, 6.07) is 2.76. The number of hydrogen-bond acceptors (Lipinski definition) is 2. The Morgan fingerprint density at radius 3 is 2.74 bits per heavy atom. The van der Waals surface area contributed by atoms with Gasteiger partial charge < -0.3 is 5.32 Å². The Bertz CT molecular complexity index is 369. The quantitative estimate of drug-likeness (QED) is 0.820. The fraction of sp³-hybridized carbons (Fsp3) is 0.706. The molecule has 1 saturated carbocycles. The van der Waals surface area contributed by atoms with Crippen molar-refractivity contribution in [3.05, 3.63) is 29.6 Å². The number of nitrogens with one attached hydrogen (secondary N) is 1. The van der Waals surface area contributed by atoms with Crippen molar-refractivity contribution in [1.82, 2.24) is 10.3 Å². The van der Waals surface area contributed by atoms with E-state index in [4.69, 9.17) is 0 Å². The zero-order chi connectivity index (χ0) is 13.5. The SMILES string of the molecule is CCNC(CCC1CCCCC1)c1cncc(C)c1. The van der Waals surface area contributed by atoms with Gasteiger partial charge in [-0.05, 0) is 43.4 Å². The van der Waals surface area contributed by atoms with E-state index in [0.29, 0.717) is 6.04 Å². The van der Waals surface area contributed by atoms with Crippen molar-refractivity contribution in [2.75, 3.05) is 6.54 Å². The van der Waals surface area contributed by atoms with E-state index in [9.17, 15) is 0 Å². The molecular weight excluding hydrogens is 232 g/mol. The summed E-state index contributed by atoms with van der Waals surface area (Å²) in [7, 11) is 0. The van der Waals surface area contributed by atoms with Crippen LogP contribution in [0, 0.1) is 12.8 Å². The highest BCUT2D eigenvalue weighted by Crippen LogP contribution is 2.30. The van der Waals surface area contributed by atoms with Crippen LogP contribution in [0.4, 0.5) is 0 Å². The number of rotatable bonds is 6. The Labute approximate surface area is 118 Å². The van der Waals surface area contributed by atoms with Crippen molar-refractivity contribution in [2.24, 2.45) is 5.92 Å². The fourth-order valence-corrected chi connectivity index (χ4v) is 3.28. The first-order chi connectivity index (χ1) is 9.29. The molecule has 0 bridgehead atoms. The maximum absolute atomic E-state index is 4.34. The smallest absolute Gasteiger partial charge is 0.0335 e. The Balaban J connectivity index is 1.91. The van der Waals surface area contributed by atoms with Crippen molar-refractivity contribution >= 4 is 0 Å². The summed E-state index contributed by atoms with van der Waals surface area (Å²) in [6.45, 7) is 5.35. The topological polar surface area (TPSA) is 24.9 Å². The standard InChI is InChI=1S/C17H28N2/c1-3-19-17(16-11-14(2)12-18-13-16)10-9-15-7-5-4-6-8-15/h11-13,15,17,19H,3-10H2,1-2H3. The third kappa shape index (κ3) is 4.61. The van der Waals surface area contributed by atoms with Gasteiger partial charge in [0.2, 0.25) is 0 Å². The van der Waals surface area contributed by atoms with Gasteiger partial charge in [0.05, 0.1) is 0 Å². The molecule has 1 N–H and O–H groups in total. The number of hydrogen-bond donors (Lipinski definition) is 1. The van der Waals surface area contributed by atoms with Gasteiger partial charge in [-0.1, -0.05) is 45.1 Å². The second-order valence-electron chi connectivity index (χ2n) is 5.99. The predicted octanol–water partition coefficient (Wildman–Crippen LogP) is 4.40. The van der Waals surface area contributed by atoms with Crippen molar-refractivity contribution in [3.63, 3.8) is 0 Å². The van der Waals surface area contributed by atoms with Crippen LogP contribution in [0.3, 0.4) is 0 Å². The largest absolute Gasteiger partial charge is 0.310 e. The van der Waals surface area contributed by atoms with Gasteiger partial charge in [0.25, 0.3) is 0 Å². The molecule has 0 saturated heterocycles. The summed E-state index contributed by atoms with van der Waals surface area (Å²) in [5, 5.41) is 3.63. The Kier molecular flexibility index (Phi) is 5.84. The monoisotopic (exact) mass is 260 g/mol. The second kappa shape index (κ2) is 7.64. The summed E-state index contributed by atoms with van der Waals surface area (Å²) in [5.74, 6) is 0.965. The van der Waals surface area contributed by atoms with Gasteiger partial charge >= 0.3 is 0 Å². The van der Waals surface area contributed by atoms with Crippen LogP contribution < -0.4 is 5.32 Å². The highest BCUT2D eigenvalue weighted by molar-refractivity contribution is 5.20. The van der Waals surface area contributed by atoms with E-state index in [-0.39, 0.29) is 0 Å². The van der Waals surface area contributed by atoms with Gasteiger partial charge in [-0.25, -0.2) is 0 Å². The molecule has 0 aromatic carbocycles. The Morgan fingerprint density at radius 1 is 1.26 bits per heavy atom. The average molecular weight is 260 g/mol. The average Bonchev–Trinajstić information content (AvgIpc) is 2.44.